The van der Waals surface area contributed by atoms with Crippen LogP contribution in [0.15, 0.2) is 24.3 Å². The Hall–Kier alpha value is -1.35. The molecule has 0 aliphatic carbocycles. The first-order chi connectivity index (χ1) is 7.79. The maximum atomic E-state index is 12.2. The molecular formula is C13H16N2O. The molecule has 0 N–H and O–H groups in total. The summed E-state index contributed by atoms with van der Waals surface area (Å²) in [5.41, 5.74) is 2.25. The predicted octanol–water partition coefficient (Wildman–Crippen LogP) is 1.80. The van der Waals surface area contributed by atoms with Gasteiger partial charge >= 0.3 is 0 Å². The van der Waals surface area contributed by atoms with E-state index < -0.39 is 0 Å². The maximum absolute atomic E-state index is 12.2. The van der Waals surface area contributed by atoms with Crippen LogP contribution in [0.4, 0.5) is 5.69 Å². The van der Waals surface area contributed by atoms with E-state index in [9.17, 15) is 4.79 Å². The van der Waals surface area contributed by atoms with Crippen LogP contribution in [0.5, 0.6) is 0 Å². The second-order valence-corrected chi connectivity index (χ2v) is 4.60. The van der Waals surface area contributed by atoms with Crippen molar-refractivity contribution >= 4 is 11.6 Å². The van der Waals surface area contributed by atoms with E-state index in [4.69, 9.17) is 0 Å². The number of likely N-dealkylation sites (tertiary alicyclic amines) is 1. The van der Waals surface area contributed by atoms with Crippen LogP contribution in [-0.4, -0.2) is 30.9 Å². The van der Waals surface area contributed by atoms with Crippen molar-refractivity contribution in [3.05, 3.63) is 29.8 Å². The Morgan fingerprint density at radius 3 is 2.62 bits per heavy atom. The van der Waals surface area contributed by atoms with Gasteiger partial charge in [0.05, 0.1) is 0 Å². The average Bonchev–Trinajstić information content (AvgIpc) is 2.89. The lowest BCUT2D eigenvalue weighted by molar-refractivity contribution is -0.122. The highest BCUT2D eigenvalue weighted by atomic mass is 16.2. The highest BCUT2D eigenvalue weighted by molar-refractivity contribution is 6.04. The fraction of sp³-hybridized carbons (Fsp3) is 0.462. The molecule has 1 unspecified atom stereocenters. The van der Waals surface area contributed by atoms with Crippen LogP contribution in [0.2, 0.25) is 0 Å². The van der Waals surface area contributed by atoms with Crippen LogP contribution in [-0.2, 0) is 4.79 Å². The predicted molar refractivity (Wildman–Crippen MR) is 63.4 cm³/mol. The number of carbonyl (C=O) groups is 1. The van der Waals surface area contributed by atoms with E-state index in [1.807, 2.05) is 25.2 Å². The molecule has 1 atom stereocenters. The Kier molecular flexibility index (Phi) is 2.21. The van der Waals surface area contributed by atoms with E-state index >= 15 is 0 Å². The largest absolute Gasteiger partial charge is 0.313 e. The van der Waals surface area contributed by atoms with E-state index in [1.165, 1.54) is 18.4 Å². The zero-order valence-electron chi connectivity index (χ0n) is 9.52. The van der Waals surface area contributed by atoms with Gasteiger partial charge in [-0.05, 0) is 32.0 Å². The first-order valence-corrected chi connectivity index (χ1v) is 5.89. The molecule has 3 nitrogen and oxygen atoms in total. The molecule has 0 aromatic heterocycles. The minimum atomic E-state index is -0.0244. The van der Waals surface area contributed by atoms with E-state index in [1.54, 1.807) is 4.90 Å². The number of fused-ring (bicyclic) bond motifs is 1. The molecule has 84 valence electrons. The standard InChI is InChI=1S/C13H16N2O/c1-14-11-7-3-2-6-10(11)12(13(14)16)15-8-4-5-9-15/h2-3,6-7,12H,4-5,8-9H2,1H3. The second-order valence-electron chi connectivity index (χ2n) is 4.60. The van der Waals surface area contributed by atoms with Gasteiger partial charge < -0.3 is 4.90 Å². The van der Waals surface area contributed by atoms with Crippen molar-refractivity contribution in [2.75, 3.05) is 25.0 Å². The third-order valence-electron chi connectivity index (χ3n) is 3.66. The molecule has 0 bridgehead atoms. The van der Waals surface area contributed by atoms with E-state index in [0.29, 0.717) is 0 Å². The molecule has 2 aliphatic heterocycles. The molecule has 0 saturated carbocycles. The molecule has 1 aromatic carbocycles. The number of benzene rings is 1. The van der Waals surface area contributed by atoms with Gasteiger partial charge in [0.2, 0.25) is 5.91 Å². The minimum Gasteiger partial charge on any atom is -0.313 e. The van der Waals surface area contributed by atoms with E-state index in [0.717, 1.165) is 18.8 Å². The molecule has 2 aliphatic rings. The van der Waals surface area contributed by atoms with Crippen molar-refractivity contribution in [1.82, 2.24) is 4.90 Å². The molecule has 1 fully saturated rings. The van der Waals surface area contributed by atoms with Crippen LogP contribution in [0.1, 0.15) is 24.4 Å². The van der Waals surface area contributed by atoms with E-state index in [-0.39, 0.29) is 11.9 Å². The van der Waals surface area contributed by atoms with Gasteiger partial charge in [-0.25, -0.2) is 0 Å². The fourth-order valence-corrected chi connectivity index (χ4v) is 2.81. The molecule has 0 radical (unpaired) electrons. The van der Waals surface area contributed by atoms with E-state index in [2.05, 4.69) is 11.0 Å². The van der Waals surface area contributed by atoms with Crippen LogP contribution in [0.3, 0.4) is 0 Å². The Labute approximate surface area is 95.7 Å². The number of likely N-dealkylation sites (N-methyl/N-ethyl adjacent to an activating group) is 1. The number of hydrogen-bond acceptors (Lipinski definition) is 2. The monoisotopic (exact) mass is 216 g/mol. The summed E-state index contributed by atoms with van der Waals surface area (Å²) >= 11 is 0. The fourth-order valence-electron chi connectivity index (χ4n) is 2.81. The maximum Gasteiger partial charge on any atom is 0.248 e. The summed E-state index contributed by atoms with van der Waals surface area (Å²) in [6.07, 6.45) is 2.44. The highest BCUT2D eigenvalue weighted by Gasteiger charge is 2.39. The third kappa shape index (κ3) is 1.28. The number of amides is 1. The van der Waals surface area contributed by atoms with Crippen LogP contribution < -0.4 is 4.90 Å². The molecule has 1 amide bonds. The van der Waals surface area contributed by atoms with Crippen molar-refractivity contribution in [2.24, 2.45) is 0 Å². The molecular weight excluding hydrogens is 200 g/mol. The number of carbonyl (C=O) groups excluding carboxylic acids is 1. The molecule has 16 heavy (non-hydrogen) atoms. The van der Waals surface area contributed by atoms with Crippen LogP contribution in [0, 0.1) is 0 Å². The van der Waals surface area contributed by atoms with Crippen molar-refractivity contribution in [3.63, 3.8) is 0 Å². The number of nitrogens with zero attached hydrogens (tertiary/aromatic N) is 2. The van der Waals surface area contributed by atoms with Gasteiger partial charge in [-0.1, -0.05) is 18.2 Å². The van der Waals surface area contributed by atoms with Gasteiger partial charge in [-0.3, -0.25) is 9.69 Å². The topological polar surface area (TPSA) is 23.6 Å². The lowest BCUT2D eigenvalue weighted by Crippen LogP contribution is -2.34. The molecule has 2 heterocycles. The number of para-hydroxylation sites is 1. The summed E-state index contributed by atoms with van der Waals surface area (Å²) < 4.78 is 0. The van der Waals surface area contributed by atoms with Crippen molar-refractivity contribution in [1.29, 1.82) is 0 Å². The van der Waals surface area contributed by atoms with Crippen molar-refractivity contribution in [3.8, 4) is 0 Å². The lowest BCUT2D eigenvalue weighted by atomic mass is 10.1. The van der Waals surface area contributed by atoms with Crippen molar-refractivity contribution < 1.29 is 4.79 Å². The smallest absolute Gasteiger partial charge is 0.248 e. The average molecular weight is 216 g/mol. The summed E-state index contributed by atoms with van der Waals surface area (Å²) in [4.78, 5) is 16.3. The molecule has 3 rings (SSSR count). The highest BCUT2D eigenvalue weighted by Crippen LogP contribution is 2.39. The first kappa shape index (κ1) is 9.85. The number of anilines is 1. The first-order valence-electron chi connectivity index (χ1n) is 5.89. The SMILES string of the molecule is CN1C(=O)C(N2CCCC2)c2ccccc21. The Balaban J connectivity index is 2.02. The van der Waals surface area contributed by atoms with Gasteiger partial charge in [0.25, 0.3) is 0 Å². The summed E-state index contributed by atoms with van der Waals surface area (Å²) in [7, 11) is 1.87. The van der Waals surface area contributed by atoms with Crippen LogP contribution >= 0.6 is 0 Å². The normalized spacial score (nSPS) is 25.2. The molecule has 1 aromatic rings. The van der Waals surface area contributed by atoms with Gasteiger partial charge in [0.15, 0.2) is 0 Å². The summed E-state index contributed by atoms with van der Waals surface area (Å²) in [5.74, 6) is 0.225. The van der Waals surface area contributed by atoms with Crippen molar-refractivity contribution in [2.45, 2.75) is 18.9 Å². The third-order valence-corrected chi connectivity index (χ3v) is 3.66. The van der Waals surface area contributed by atoms with Crippen LogP contribution in [0.25, 0.3) is 0 Å². The van der Waals surface area contributed by atoms with Gasteiger partial charge in [-0.2, -0.15) is 0 Å². The zero-order valence-corrected chi connectivity index (χ0v) is 9.52. The zero-order chi connectivity index (χ0) is 11.1. The summed E-state index contributed by atoms with van der Waals surface area (Å²) in [6.45, 7) is 2.11. The summed E-state index contributed by atoms with van der Waals surface area (Å²) in [6, 6.07) is 8.11. The van der Waals surface area contributed by atoms with Gasteiger partial charge in [-0.15, -0.1) is 0 Å². The molecule has 1 saturated heterocycles. The Bertz CT molecular complexity index is 424. The quantitative estimate of drug-likeness (QED) is 0.714. The summed E-state index contributed by atoms with van der Waals surface area (Å²) in [5, 5.41) is 0. The second kappa shape index (κ2) is 3.59. The lowest BCUT2D eigenvalue weighted by Gasteiger charge is -2.22. The molecule has 0 spiro atoms. The number of hydrogen-bond donors (Lipinski definition) is 0. The Morgan fingerprint density at radius 2 is 1.88 bits per heavy atom. The molecule has 3 heteroatoms. The Morgan fingerprint density at radius 1 is 1.19 bits per heavy atom. The van der Waals surface area contributed by atoms with Gasteiger partial charge in [0.1, 0.15) is 6.04 Å². The minimum absolute atomic E-state index is 0.0244. The van der Waals surface area contributed by atoms with Gasteiger partial charge in [0, 0.05) is 18.3 Å². The number of rotatable bonds is 1.